The first-order valence-electron chi connectivity index (χ1n) is 4.58. The van der Waals surface area contributed by atoms with Gasteiger partial charge in [0.05, 0.1) is 0 Å². The zero-order valence-corrected chi connectivity index (χ0v) is 9.49. The Balaban J connectivity index is 2.47. The minimum Gasteiger partial charge on any atom is -0.480 e. The average molecular weight is 230 g/mol. The van der Waals surface area contributed by atoms with E-state index in [1.54, 1.807) is 11.7 Å². The molecule has 84 valence electrons. The number of carboxylic acids is 1. The van der Waals surface area contributed by atoms with Crippen molar-refractivity contribution in [2.24, 2.45) is 7.05 Å². The molecule has 1 aromatic rings. The molecule has 0 aliphatic rings. The number of carbonyl (C=O) groups is 1. The molecule has 6 nitrogen and oxygen atoms in total. The standard InChI is InChI=1S/C8H14N4O2S/c1-3-9-6(7(13)14)4-15-8-10-5-11-12(8)2/h5-6,9H,3-4H2,1-2H3,(H,13,14). The maximum absolute atomic E-state index is 10.8. The van der Waals surface area contributed by atoms with Crippen LogP contribution in [0.15, 0.2) is 11.5 Å². The Bertz CT molecular complexity index is 328. The highest BCUT2D eigenvalue weighted by Crippen LogP contribution is 2.14. The van der Waals surface area contributed by atoms with Crippen molar-refractivity contribution < 1.29 is 9.90 Å². The van der Waals surface area contributed by atoms with Crippen LogP contribution in [-0.2, 0) is 11.8 Å². The van der Waals surface area contributed by atoms with Crippen molar-refractivity contribution in [2.45, 2.75) is 18.1 Å². The highest BCUT2D eigenvalue weighted by molar-refractivity contribution is 7.99. The highest BCUT2D eigenvalue weighted by Gasteiger charge is 2.17. The van der Waals surface area contributed by atoms with Crippen LogP contribution in [0.4, 0.5) is 0 Å². The lowest BCUT2D eigenvalue weighted by molar-refractivity contribution is -0.138. The summed E-state index contributed by atoms with van der Waals surface area (Å²) in [5.74, 6) is -0.401. The van der Waals surface area contributed by atoms with Gasteiger partial charge in [-0.3, -0.25) is 4.79 Å². The molecule has 0 radical (unpaired) electrons. The molecule has 0 aliphatic carbocycles. The van der Waals surface area contributed by atoms with E-state index in [9.17, 15) is 4.79 Å². The van der Waals surface area contributed by atoms with Crippen LogP contribution in [0.2, 0.25) is 0 Å². The molecule has 0 aromatic carbocycles. The molecule has 2 N–H and O–H groups in total. The van der Waals surface area contributed by atoms with Crippen molar-refractivity contribution in [3.63, 3.8) is 0 Å². The van der Waals surface area contributed by atoms with E-state index in [1.165, 1.54) is 18.1 Å². The van der Waals surface area contributed by atoms with Gasteiger partial charge in [0.25, 0.3) is 0 Å². The fourth-order valence-electron chi connectivity index (χ4n) is 1.04. The number of nitrogens with zero attached hydrogens (tertiary/aromatic N) is 3. The van der Waals surface area contributed by atoms with Crippen molar-refractivity contribution in [1.29, 1.82) is 0 Å². The molecule has 15 heavy (non-hydrogen) atoms. The topological polar surface area (TPSA) is 80.0 Å². The Morgan fingerprint density at radius 3 is 3.00 bits per heavy atom. The number of carboxylic acid groups (broad SMARTS) is 1. The van der Waals surface area contributed by atoms with Gasteiger partial charge in [0.1, 0.15) is 12.4 Å². The summed E-state index contributed by atoms with van der Waals surface area (Å²) in [7, 11) is 1.78. The summed E-state index contributed by atoms with van der Waals surface area (Å²) in [5.41, 5.74) is 0. The molecule has 1 unspecified atom stereocenters. The van der Waals surface area contributed by atoms with Gasteiger partial charge in [-0.15, -0.1) is 0 Å². The Labute approximate surface area is 92.1 Å². The summed E-state index contributed by atoms with van der Waals surface area (Å²) in [5, 5.41) is 16.4. The SMILES string of the molecule is CCNC(CSc1ncnn1C)C(=O)O. The first-order valence-corrected chi connectivity index (χ1v) is 5.56. The van der Waals surface area contributed by atoms with Gasteiger partial charge in [0, 0.05) is 12.8 Å². The normalized spacial score (nSPS) is 12.7. The van der Waals surface area contributed by atoms with Gasteiger partial charge < -0.3 is 10.4 Å². The van der Waals surface area contributed by atoms with Crippen LogP contribution in [0, 0.1) is 0 Å². The molecule has 0 saturated heterocycles. The van der Waals surface area contributed by atoms with Crippen LogP contribution in [0.5, 0.6) is 0 Å². The van der Waals surface area contributed by atoms with Crippen LogP contribution in [0.1, 0.15) is 6.92 Å². The third kappa shape index (κ3) is 3.52. The Morgan fingerprint density at radius 2 is 2.53 bits per heavy atom. The Hall–Kier alpha value is -1.08. The summed E-state index contributed by atoms with van der Waals surface area (Å²) in [6.45, 7) is 2.51. The third-order valence-corrected chi connectivity index (χ3v) is 2.93. The maximum atomic E-state index is 10.8. The minimum absolute atomic E-state index is 0.440. The van der Waals surface area contributed by atoms with Gasteiger partial charge in [-0.25, -0.2) is 9.67 Å². The smallest absolute Gasteiger partial charge is 0.321 e. The van der Waals surface area contributed by atoms with E-state index in [1.807, 2.05) is 6.92 Å². The van der Waals surface area contributed by atoms with E-state index < -0.39 is 12.0 Å². The predicted molar refractivity (Wildman–Crippen MR) is 56.8 cm³/mol. The molecule has 0 fully saturated rings. The monoisotopic (exact) mass is 230 g/mol. The van der Waals surface area contributed by atoms with Crippen LogP contribution in [0.25, 0.3) is 0 Å². The highest BCUT2D eigenvalue weighted by atomic mass is 32.2. The number of nitrogens with one attached hydrogen (secondary N) is 1. The van der Waals surface area contributed by atoms with Crippen molar-refractivity contribution in [3.8, 4) is 0 Å². The lowest BCUT2D eigenvalue weighted by Gasteiger charge is -2.11. The number of thioether (sulfide) groups is 1. The van der Waals surface area contributed by atoms with Gasteiger partial charge in [-0.1, -0.05) is 18.7 Å². The van der Waals surface area contributed by atoms with Gasteiger partial charge in [0.2, 0.25) is 0 Å². The Kier molecular flexibility index (Phi) is 4.57. The number of hydrogen-bond donors (Lipinski definition) is 2. The van der Waals surface area contributed by atoms with E-state index in [-0.39, 0.29) is 0 Å². The second-order valence-electron chi connectivity index (χ2n) is 2.93. The third-order valence-electron chi connectivity index (χ3n) is 1.80. The molecule has 1 aromatic heterocycles. The van der Waals surface area contributed by atoms with Gasteiger partial charge in [0.15, 0.2) is 5.16 Å². The van der Waals surface area contributed by atoms with Crippen molar-refractivity contribution in [2.75, 3.05) is 12.3 Å². The van der Waals surface area contributed by atoms with E-state index in [0.717, 1.165) is 5.16 Å². The van der Waals surface area contributed by atoms with Crippen LogP contribution in [0.3, 0.4) is 0 Å². The fraction of sp³-hybridized carbons (Fsp3) is 0.625. The minimum atomic E-state index is -0.841. The fourth-order valence-corrected chi connectivity index (χ4v) is 1.97. The molecular weight excluding hydrogens is 216 g/mol. The predicted octanol–water partition coefficient (Wildman–Crippen LogP) is -0.0301. The van der Waals surface area contributed by atoms with Gasteiger partial charge in [-0.05, 0) is 6.54 Å². The molecule has 0 saturated carbocycles. The summed E-state index contributed by atoms with van der Waals surface area (Å²) in [4.78, 5) is 14.8. The number of likely N-dealkylation sites (N-methyl/N-ethyl adjacent to an activating group) is 1. The first kappa shape index (κ1) is 12.0. The first-order chi connectivity index (χ1) is 7.15. The average Bonchev–Trinajstić information content (AvgIpc) is 2.58. The number of rotatable bonds is 6. The lowest BCUT2D eigenvalue weighted by Crippen LogP contribution is -2.38. The Morgan fingerprint density at radius 1 is 1.80 bits per heavy atom. The van der Waals surface area contributed by atoms with Gasteiger partial charge >= 0.3 is 5.97 Å². The second-order valence-corrected chi connectivity index (χ2v) is 3.91. The van der Waals surface area contributed by atoms with E-state index >= 15 is 0 Å². The van der Waals surface area contributed by atoms with Crippen molar-refractivity contribution >= 4 is 17.7 Å². The zero-order chi connectivity index (χ0) is 11.3. The molecular formula is C8H14N4O2S. The molecule has 0 spiro atoms. The van der Waals surface area contributed by atoms with E-state index in [0.29, 0.717) is 12.3 Å². The molecule has 0 bridgehead atoms. The second kappa shape index (κ2) is 5.72. The van der Waals surface area contributed by atoms with Crippen molar-refractivity contribution in [3.05, 3.63) is 6.33 Å². The number of aryl methyl sites for hydroxylation is 1. The largest absolute Gasteiger partial charge is 0.480 e. The quantitative estimate of drug-likeness (QED) is 0.668. The molecule has 7 heteroatoms. The molecule has 1 heterocycles. The van der Waals surface area contributed by atoms with E-state index in [4.69, 9.17) is 5.11 Å². The lowest BCUT2D eigenvalue weighted by atomic mass is 10.3. The summed E-state index contributed by atoms with van der Waals surface area (Å²) >= 11 is 1.38. The zero-order valence-electron chi connectivity index (χ0n) is 8.67. The summed E-state index contributed by atoms with van der Waals surface area (Å²) < 4.78 is 1.62. The molecule has 0 aliphatic heterocycles. The maximum Gasteiger partial charge on any atom is 0.321 e. The summed E-state index contributed by atoms with van der Waals surface area (Å²) in [6, 6.07) is -0.545. The van der Waals surface area contributed by atoms with Gasteiger partial charge in [-0.2, -0.15) is 5.10 Å². The van der Waals surface area contributed by atoms with Crippen LogP contribution in [-0.4, -0.2) is 44.2 Å². The number of hydrogen-bond acceptors (Lipinski definition) is 5. The summed E-state index contributed by atoms with van der Waals surface area (Å²) in [6.07, 6.45) is 1.45. The van der Waals surface area contributed by atoms with Crippen LogP contribution < -0.4 is 5.32 Å². The van der Waals surface area contributed by atoms with E-state index in [2.05, 4.69) is 15.4 Å². The van der Waals surface area contributed by atoms with Crippen LogP contribution >= 0.6 is 11.8 Å². The van der Waals surface area contributed by atoms with Crippen molar-refractivity contribution in [1.82, 2.24) is 20.1 Å². The molecule has 1 rings (SSSR count). The molecule has 0 amide bonds. The number of aromatic nitrogens is 3. The molecule has 1 atom stereocenters. The number of aliphatic carboxylic acids is 1.